The Morgan fingerprint density at radius 2 is 1.53 bits per heavy atom. The minimum absolute atomic E-state index is 0.181. The van der Waals surface area contributed by atoms with E-state index in [1.807, 2.05) is 99.6 Å². The number of carbonyl (C=O) groups is 2. The Hall–Kier alpha value is -4.06. The minimum Gasteiger partial charge on any atom is -0.497 e. The van der Waals surface area contributed by atoms with Gasteiger partial charge in [0.25, 0.3) is 11.8 Å². The normalized spacial score (nSPS) is 13.5. The van der Waals surface area contributed by atoms with E-state index >= 15 is 0 Å². The summed E-state index contributed by atoms with van der Waals surface area (Å²) in [7, 11) is 5.54. The second-order valence-electron chi connectivity index (χ2n) is 8.66. The molecule has 2 amide bonds. The number of benzene rings is 3. The van der Waals surface area contributed by atoms with Crippen LogP contribution in [0.3, 0.4) is 0 Å². The van der Waals surface area contributed by atoms with Gasteiger partial charge in [0.05, 0.1) is 19.2 Å². The van der Waals surface area contributed by atoms with Gasteiger partial charge < -0.3 is 15.0 Å². The highest BCUT2D eigenvalue weighted by Crippen LogP contribution is 2.33. The quantitative estimate of drug-likeness (QED) is 0.520. The molecular weight excluding hydrogens is 426 g/mol. The Morgan fingerprint density at radius 3 is 2.12 bits per heavy atom. The van der Waals surface area contributed by atoms with Gasteiger partial charge in [0.1, 0.15) is 11.4 Å². The third kappa shape index (κ3) is 4.53. The monoisotopic (exact) mass is 455 g/mol. The molecule has 0 saturated carbocycles. The molecule has 0 unspecified atom stereocenters. The van der Waals surface area contributed by atoms with E-state index in [9.17, 15) is 9.59 Å². The molecule has 6 nitrogen and oxygen atoms in total. The predicted molar refractivity (Wildman–Crippen MR) is 136 cm³/mol. The van der Waals surface area contributed by atoms with E-state index in [0.717, 1.165) is 39.4 Å². The van der Waals surface area contributed by atoms with E-state index in [-0.39, 0.29) is 18.4 Å². The number of hydrogen-bond donors (Lipinski definition) is 1. The number of rotatable bonds is 7. The van der Waals surface area contributed by atoms with Crippen LogP contribution in [-0.2, 0) is 16.1 Å². The lowest BCUT2D eigenvalue weighted by Crippen LogP contribution is -2.32. The van der Waals surface area contributed by atoms with Crippen LogP contribution in [0.5, 0.6) is 5.75 Å². The molecule has 1 aliphatic rings. The number of nitrogens with one attached hydrogen (secondary N) is 1. The highest BCUT2D eigenvalue weighted by Gasteiger charge is 2.39. The average Bonchev–Trinajstić information content (AvgIpc) is 3.06. The molecule has 6 heteroatoms. The number of carbonyl (C=O) groups excluding carboxylic acids is 2. The third-order valence-electron chi connectivity index (χ3n) is 6.12. The Bertz CT molecular complexity index is 1260. The molecule has 0 spiro atoms. The number of hydrogen-bond acceptors (Lipinski definition) is 5. The smallest absolute Gasteiger partial charge is 0.278 e. The van der Waals surface area contributed by atoms with Crippen molar-refractivity contribution in [1.82, 2.24) is 4.90 Å². The van der Waals surface area contributed by atoms with E-state index in [0.29, 0.717) is 11.3 Å². The summed E-state index contributed by atoms with van der Waals surface area (Å²) in [6, 6.07) is 21.0. The molecule has 0 aliphatic carbocycles. The van der Waals surface area contributed by atoms with Crippen LogP contribution < -0.4 is 15.0 Å². The lowest BCUT2D eigenvalue weighted by atomic mass is 9.99. The molecule has 1 N–H and O–H groups in total. The zero-order chi connectivity index (χ0) is 24.4. The van der Waals surface area contributed by atoms with Gasteiger partial charge in [0.2, 0.25) is 0 Å². The van der Waals surface area contributed by atoms with Crippen LogP contribution >= 0.6 is 0 Å². The van der Waals surface area contributed by atoms with Crippen molar-refractivity contribution in [3.63, 3.8) is 0 Å². The molecule has 1 heterocycles. The standard InChI is InChI=1S/C28H29N3O3/c1-18-6-9-21(16-19(18)2)25-26(29-22-10-12-23(13-11-22)30(3)4)28(33)31(27(25)32)17-20-7-14-24(34-5)15-8-20/h6-16,29H,17H2,1-5H3. The lowest BCUT2D eigenvalue weighted by Gasteiger charge is -2.16. The van der Waals surface area contributed by atoms with Gasteiger partial charge in [0.15, 0.2) is 0 Å². The van der Waals surface area contributed by atoms with Gasteiger partial charge in [-0.25, -0.2) is 0 Å². The van der Waals surface area contributed by atoms with E-state index < -0.39 is 0 Å². The summed E-state index contributed by atoms with van der Waals surface area (Å²) in [4.78, 5) is 30.4. The molecule has 1 aliphatic heterocycles. The first kappa shape index (κ1) is 23.1. The molecule has 3 aromatic carbocycles. The molecule has 3 aromatic rings. The molecular formula is C28H29N3O3. The third-order valence-corrected chi connectivity index (χ3v) is 6.12. The first-order chi connectivity index (χ1) is 16.3. The summed E-state index contributed by atoms with van der Waals surface area (Å²) in [5.41, 5.74) is 6.24. The summed E-state index contributed by atoms with van der Waals surface area (Å²) in [6.45, 7) is 4.21. The fourth-order valence-electron chi connectivity index (χ4n) is 3.90. The van der Waals surface area contributed by atoms with Crippen LogP contribution in [0, 0.1) is 13.8 Å². The zero-order valence-electron chi connectivity index (χ0n) is 20.2. The summed E-state index contributed by atoms with van der Waals surface area (Å²) < 4.78 is 5.21. The number of nitrogens with zero attached hydrogens (tertiary/aromatic N) is 2. The summed E-state index contributed by atoms with van der Waals surface area (Å²) in [5, 5.41) is 3.23. The zero-order valence-corrected chi connectivity index (χ0v) is 20.2. The Kier molecular flexibility index (Phi) is 6.41. The topological polar surface area (TPSA) is 61.9 Å². The fraction of sp³-hybridized carbons (Fsp3) is 0.214. The van der Waals surface area contributed by atoms with Gasteiger partial charge >= 0.3 is 0 Å². The van der Waals surface area contributed by atoms with Crippen LogP contribution in [0.15, 0.2) is 72.4 Å². The first-order valence-corrected chi connectivity index (χ1v) is 11.1. The van der Waals surface area contributed by atoms with Crippen LogP contribution in [0.4, 0.5) is 11.4 Å². The maximum Gasteiger partial charge on any atom is 0.278 e. The van der Waals surface area contributed by atoms with E-state index in [2.05, 4.69) is 5.32 Å². The molecule has 0 aromatic heterocycles. The van der Waals surface area contributed by atoms with Gasteiger partial charge in [-0.2, -0.15) is 0 Å². The second kappa shape index (κ2) is 9.43. The molecule has 174 valence electrons. The number of ether oxygens (including phenoxy) is 1. The fourth-order valence-corrected chi connectivity index (χ4v) is 3.90. The van der Waals surface area contributed by atoms with Gasteiger partial charge in [-0.15, -0.1) is 0 Å². The maximum atomic E-state index is 13.6. The number of methoxy groups -OCH3 is 1. The van der Waals surface area contributed by atoms with Gasteiger partial charge in [-0.3, -0.25) is 14.5 Å². The molecule has 0 fully saturated rings. The highest BCUT2D eigenvalue weighted by molar-refractivity contribution is 6.36. The highest BCUT2D eigenvalue weighted by atomic mass is 16.5. The summed E-state index contributed by atoms with van der Waals surface area (Å²) >= 11 is 0. The molecule has 0 atom stereocenters. The van der Waals surface area contributed by atoms with Crippen molar-refractivity contribution in [2.24, 2.45) is 0 Å². The van der Waals surface area contributed by atoms with Gasteiger partial charge in [0, 0.05) is 25.5 Å². The average molecular weight is 456 g/mol. The van der Waals surface area contributed by atoms with Crippen molar-refractivity contribution >= 4 is 28.8 Å². The predicted octanol–water partition coefficient (Wildman–Crippen LogP) is 4.77. The largest absolute Gasteiger partial charge is 0.497 e. The summed E-state index contributed by atoms with van der Waals surface area (Å²) in [6.07, 6.45) is 0. The maximum absolute atomic E-state index is 13.6. The van der Waals surface area contributed by atoms with Crippen LogP contribution in [0.25, 0.3) is 5.57 Å². The Labute approximate surface area is 200 Å². The lowest BCUT2D eigenvalue weighted by molar-refractivity contribution is -0.137. The van der Waals surface area contributed by atoms with Crippen molar-refractivity contribution in [3.05, 3.63) is 94.7 Å². The van der Waals surface area contributed by atoms with Gasteiger partial charge in [-0.1, -0.05) is 30.3 Å². The SMILES string of the molecule is COc1ccc(CN2C(=O)C(Nc3ccc(N(C)C)cc3)=C(c3ccc(C)c(C)c3)C2=O)cc1. The Balaban J connectivity index is 1.71. The van der Waals surface area contributed by atoms with E-state index in [1.54, 1.807) is 7.11 Å². The molecule has 34 heavy (non-hydrogen) atoms. The van der Waals surface area contributed by atoms with Crippen molar-refractivity contribution in [3.8, 4) is 5.75 Å². The summed E-state index contributed by atoms with van der Waals surface area (Å²) in [5.74, 6) is 0.0718. The number of anilines is 2. The minimum atomic E-state index is -0.342. The van der Waals surface area contributed by atoms with Crippen LogP contribution in [0.1, 0.15) is 22.3 Å². The molecule has 4 rings (SSSR count). The number of aryl methyl sites for hydroxylation is 2. The molecule has 0 radical (unpaired) electrons. The van der Waals surface area contributed by atoms with Crippen molar-refractivity contribution in [2.45, 2.75) is 20.4 Å². The van der Waals surface area contributed by atoms with Crippen LogP contribution in [0.2, 0.25) is 0 Å². The van der Waals surface area contributed by atoms with E-state index in [1.165, 1.54) is 4.90 Å². The van der Waals surface area contributed by atoms with E-state index in [4.69, 9.17) is 4.74 Å². The second-order valence-corrected chi connectivity index (χ2v) is 8.66. The Morgan fingerprint density at radius 1 is 0.853 bits per heavy atom. The first-order valence-electron chi connectivity index (χ1n) is 11.1. The van der Waals surface area contributed by atoms with Crippen molar-refractivity contribution in [2.75, 3.05) is 31.4 Å². The molecule has 0 saturated heterocycles. The molecule has 0 bridgehead atoms. The van der Waals surface area contributed by atoms with Crippen molar-refractivity contribution in [1.29, 1.82) is 0 Å². The number of imide groups is 1. The number of amides is 2. The van der Waals surface area contributed by atoms with Gasteiger partial charge in [-0.05, 0) is 72.5 Å². The van der Waals surface area contributed by atoms with Crippen molar-refractivity contribution < 1.29 is 14.3 Å². The van der Waals surface area contributed by atoms with Crippen LogP contribution in [-0.4, -0.2) is 37.9 Å².